The molecule has 1 heteroatoms. The van der Waals surface area contributed by atoms with Crippen molar-refractivity contribution in [1.29, 1.82) is 0 Å². The van der Waals surface area contributed by atoms with Crippen LogP contribution in [0.1, 0.15) is 66.7 Å². The summed E-state index contributed by atoms with van der Waals surface area (Å²) in [6, 6.07) is 0. The van der Waals surface area contributed by atoms with Gasteiger partial charge in [-0.25, -0.2) is 0 Å². The molecule has 0 aliphatic heterocycles. The predicted molar refractivity (Wildman–Crippen MR) is 77.4 cm³/mol. The summed E-state index contributed by atoms with van der Waals surface area (Å²) in [4.78, 5) is 0. The smallest absolute Gasteiger partial charge is 0.0696 e. The molecule has 0 amide bonds. The second kappa shape index (κ2) is 4.85. The van der Waals surface area contributed by atoms with Crippen molar-refractivity contribution in [3.8, 4) is 0 Å². The summed E-state index contributed by atoms with van der Waals surface area (Å²) >= 11 is 0. The standard InChI is InChI=1S/C17H28O/c1-11-12(2)14(4)17(5,13(11)3)16(18)15-9-7-6-8-10-15/h15-16,18H,6-10H2,1-5H3. The first-order chi connectivity index (χ1) is 8.40. The lowest BCUT2D eigenvalue weighted by atomic mass is 9.67. The number of hydrogen-bond acceptors (Lipinski definition) is 1. The van der Waals surface area contributed by atoms with Crippen LogP contribution in [0.5, 0.6) is 0 Å². The SMILES string of the molecule is CC1=C(C)C(C)(C(O)C2CCCCC2)C(C)=C1C. The van der Waals surface area contributed by atoms with Gasteiger partial charge in [-0.1, -0.05) is 30.4 Å². The molecule has 2 rings (SSSR count). The normalized spacial score (nSPS) is 27.0. The topological polar surface area (TPSA) is 20.2 Å². The third-order valence-corrected chi connectivity index (χ3v) is 5.93. The van der Waals surface area contributed by atoms with Crippen molar-refractivity contribution >= 4 is 0 Å². The van der Waals surface area contributed by atoms with Crippen molar-refractivity contribution in [2.24, 2.45) is 11.3 Å². The molecule has 0 aromatic heterocycles. The van der Waals surface area contributed by atoms with Crippen LogP contribution in [-0.4, -0.2) is 11.2 Å². The van der Waals surface area contributed by atoms with Gasteiger partial charge in [0.25, 0.3) is 0 Å². The fraction of sp³-hybridized carbons (Fsp3) is 0.765. The monoisotopic (exact) mass is 248 g/mol. The van der Waals surface area contributed by atoms with Crippen LogP contribution in [0, 0.1) is 11.3 Å². The van der Waals surface area contributed by atoms with Crippen LogP contribution >= 0.6 is 0 Å². The lowest BCUT2D eigenvalue weighted by molar-refractivity contribution is 0.0163. The van der Waals surface area contributed by atoms with Crippen molar-refractivity contribution in [1.82, 2.24) is 0 Å². The van der Waals surface area contributed by atoms with E-state index in [2.05, 4.69) is 34.6 Å². The summed E-state index contributed by atoms with van der Waals surface area (Å²) in [7, 11) is 0. The van der Waals surface area contributed by atoms with E-state index in [9.17, 15) is 5.11 Å². The first-order valence-electron chi connectivity index (χ1n) is 7.45. The molecule has 1 saturated carbocycles. The van der Waals surface area contributed by atoms with Gasteiger partial charge in [0.15, 0.2) is 0 Å². The molecular formula is C17H28O. The van der Waals surface area contributed by atoms with Gasteiger partial charge in [0.05, 0.1) is 6.10 Å². The van der Waals surface area contributed by atoms with Crippen molar-refractivity contribution in [2.45, 2.75) is 72.8 Å². The Morgan fingerprint density at radius 2 is 1.39 bits per heavy atom. The van der Waals surface area contributed by atoms with Gasteiger partial charge in [0.1, 0.15) is 0 Å². The molecule has 0 aromatic rings. The van der Waals surface area contributed by atoms with E-state index in [-0.39, 0.29) is 11.5 Å². The molecule has 1 atom stereocenters. The zero-order valence-electron chi connectivity index (χ0n) is 12.6. The third kappa shape index (κ3) is 1.87. The molecule has 0 aromatic carbocycles. The van der Waals surface area contributed by atoms with Crippen LogP contribution in [-0.2, 0) is 0 Å². The van der Waals surface area contributed by atoms with Crippen molar-refractivity contribution in [3.63, 3.8) is 0 Å². The summed E-state index contributed by atoms with van der Waals surface area (Å²) in [6.45, 7) is 11.1. The Morgan fingerprint density at radius 3 is 1.83 bits per heavy atom. The summed E-state index contributed by atoms with van der Waals surface area (Å²) in [5, 5.41) is 10.9. The minimum absolute atomic E-state index is 0.115. The van der Waals surface area contributed by atoms with Crippen LogP contribution in [0.4, 0.5) is 0 Å². The first-order valence-corrected chi connectivity index (χ1v) is 7.45. The Kier molecular flexibility index (Phi) is 3.73. The highest BCUT2D eigenvalue weighted by Gasteiger charge is 2.45. The van der Waals surface area contributed by atoms with Crippen LogP contribution in [0.25, 0.3) is 0 Å². The zero-order chi connectivity index (χ0) is 13.5. The van der Waals surface area contributed by atoms with E-state index in [1.165, 1.54) is 54.4 Å². The highest BCUT2D eigenvalue weighted by Crippen LogP contribution is 2.51. The molecular weight excluding hydrogens is 220 g/mol. The average molecular weight is 248 g/mol. The lowest BCUT2D eigenvalue weighted by Crippen LogP contribution is -2.40. The largest absolute Gasteiger partial charge is 0.392 e. The van der Waals surface area contributed by atoms with Gasteiger partial charge in [-0.2, -0.15) is 0 Å². The molecule has 0 heterocycles. The van der Waals surface area contributed by atoms with E-state index in [1.54, 1.807) is 0 Å². The molecule has 18 heavy (non-hydrogen) atoms. The van der Waals surface area contributed by atoms with E-state index < -0.39 is 0 Å². The minimum Gasteiger partial charge on any atom is -0.392 e. The van der Waals surface area contributed by atoms with Crippen molar-refractivity contribution < 1.29 is 5.11 Å². The summed E-state index contributed by atoms with van der Waals surface area (Å²) in [6.07, 6.45) is 6.14. The van der Waals surface area contributed by atoms with Crippen molar-refractivity contribution in [2.75, 3.05) is 0 Å². The molecule has 1 nitrogen and oxygen atoms in total. The molecule has 1 N–H and O–H groups in total. The number of aliphatic hydroxyl groups excluding tert-OH is 1. The Labute approximate surface area is 112 Å². The maximum atomic E-state index is 10.9. The number of allylic oxidation sites excluding steroid dienone is 2. The Hall–Kier alpha value is -0.560. The molecule has 0 bridgehead atoms. The highest BCUT2D eigenvalue weighted by atomic mass is 16.3. The molecule has 1 unspecified atom stereocenters. The highest BCUT2D eigenvalue weighted by molar-refractivity contribution is 5.51. The second-order valence-electron chi connectivity index (χ2n) is 6.55. The van der Waals surface area contributed by atoms with E-state index in [4.69, 9.17) is 0 Å². The number of rotatable bonds is 2. The van der Waals surface area contributed by atoms with E-state index in [0.717, 1.165) is 0 Å². The van der Waals surface area contributed by atoms with Gasteiger partial charge >= 0.3 is 0 Å². The van der Waals surface area contributed by atoms with Gasteiger partial charge < -0.3 is 5.11 Å². The maximum Gasteiger partial charge on any atom is 0.0696 e. The minimum atomic E-state index is -0.204. The zero-order valence-corrected chi connectivity index (χ0v) is 12.6. The van der Waals surface area contributed by atoms with Gasteiger partial charge in [-0.05, 0) is 64.5 Å². The molecule has 102 valence electrons. The molecule has 0 spiro atoms. The Balaban J connectivity index is 2.31. The lowest BCUT2D eigenvalue weighted by Gasteiger charge is -2.40. The Bertz CT molecular complexity index is 370. The van der Waals surface area contributed by atoms with Crippen LogP contribution in [0.2, 0.25) is 0 Å². The molecule has 2 aliphatic carbocycles. The molecule has 2 aliphatic rings. The predicted octanol–water partition coefficient (Wildman–Crippen LogP) is 4.62. The fourth-order valence-corrected chi connectivity index (χ4v) is 3.99. The molecule has 1 fully saturated rings. The van der Waals surface area contributed by atoms with Crippen molar-refractivity contribution in [3.05, 3.63) is 22.3 Å². The second-order valence-corrected chi connectivity index (χ2v) is 6.55. The van der Waals surface area contributed by atoms with Crippen LogP contribution in [0.3, 0.4) is 0 Å². The molecule has 0 saturated heterocycles. The van der Waals surface area contributed by atoms with Gasteiger partial charge in [0, 0.05) is 5.41 Å². The van der Waals surface area contributed by atoms with Gasteiger partial charge in [-0.3, -0.25) is 0 Å². The van der Waals surface area contributed by atoms with E-state index >= 15 is 0 Å². The average Bonchev–Trinajstić information content (AvgIpc) is 2.55. The van der Waals surface area contributed by atoms with E-state index in [1.807, 2.05) is 0 Å². The first kappa shape index (κ1) is 13.9. The fourth-order valence-electron chi connectivity index (χ4n) is 3.99. The van der Waals surface area contributed by atoms with Crippen LogP contribution < -0.4 is 0 Å². The summed E-state index contributed by atoms with van der Waals surface area (Å²) in [5.41, 5.74) is 5.44. The third-order valence-electron chi connectivity index (χ3n) is 5.93. The number of aliphatic hydroxyl groups is 1. The maximum absolute atomic E-state index is 10.9. The summed E-state index contributed by atoms with van der Waals surface area (Å²) < 4.78 is 0. The van der Waals surface area contributed by atoms with Gasteiger partial charge in [-0.15, -0.1) is 0 Å². The number of hydrogen-bond donors (Lipinski definition) is 1. The molecule has 0 radical (unpaired) electrons. The van der Waals surface area contributed by atoms with E-state index in [0.29, 0.717) is 5.92 Å². The van der Waals surface area contributed by atoms with Crippen LogP contribution in [0.15, 0.2) is 22.3 Å². The quantitative estimate of drug-likeness (QED) is 0.756. The Morgan fingerprint density at radius 1 is 0.944 bits per heavy atom. The van der Waals surface area contributed by atoms with Gasteiger partial charge in [0.2, 0.25) is 0 Å². The summed E-state index contributed by atoms with van der Waals surface area (Å²) in [5.74, 6) is 0.493.